The molecule has 0 N–H and O–H groups in total. The predicted molar refractivity (Wildman–Crippen MR) is 137 cm³/mol. The van der Waals surface area contributed by atoms with Crippen molar-refractivity contribution in [2.45, 2.75) is 58.7 Å². The molecular weight excluding hydrogens is 438 g/mol. The summed E-state index contributed by atoms with van der Waals surface area (Å²) < 4.78 is 12.0. The second-order valence-electron chi connectivity index (χ2n) is 10.1. The number of benzene rings is 2. The third-order valence-electron chi connectivity index (χ3n) is 6.97. The zero-order valence-corrected chi connectivity index (χ0v) is 20.8. The Morgan fingerprint density at radius 3 is 2.63 bits per heavy atom. The van der Waals surface area contributed by atoms with Crippen LogP contribution in [0, 0.1) is 5.92 Å². The van der Waals surface area contributed by atoms with Crippen molar-refractivity contribution in [2.75, 3.05) is 24.6 Å². The lowest BCUT2D eigenvalue weighted by molar-refractivity contribution is -0.134. The van der Waals surface area contributed by atoms with Crippen molar-refractivity contribution in [3.8, 4) is 11.3 Å². The highest BCUT2D eigenvalue weighted by atomic mass is 16.5. The fraction of sp³-hybridized carbons (Fsp3) is 0.448. The van der Waals surface area contributed by atoms with Crippen molar-refractivity contribution >= 4 is 11.8 Å². The van der Waals surface area contributed by atoms with Crippen LogP contribution in [0.4, 0.5) is 5.88 Å². The number of fused-ring (bicyclic) bond motifs is 1. The van der Waals surface area contributed by atoms with Crippen molar-refractivity contribution in [3.05, 3.63) is 71.3 Å². The van der Waals surface area contributed by atoms with Crippen LogP contribution in [0.3, 0.4) is 0 Å². The molecule has 184 valence electrons. The lowest BCUT2D eigenvalue weighted by Gasteiger charge is -2.30. The highest BCUT2D eigenvalue weighted by molar-refractivity contribution is 5.77. The van der Waals surface area contributed by atoms with E-state index >= 15 is 0 Å². The highest BCUT2D eigenvalue weighted by Crippen LogP contribution is 2.35. The summed E-state index contributed by atoms with van der Waals surface area (Å²) in [4.78, 5) is 17.6. The number of ether oxygens (including phenoxy) is 1. The molecule has 0 aliphatic carbocycles. The first-order chi connectivity index (χ1) is 17.1. The van der Waals surface area contributed by atoms with Crippen LogP contribution in [-0.2, 0) is 29.0 Å². The number of rotatable bonds is 8. The number of hydrogen-bond donors (Lipinski definition) is 0. The maximum absolute atomic E-state index is 13.4. The van der Waals surface area contributed by atoms with E-state index in [4.69, 9.17) is 9.26 Å². The number of aromatic nitrogens is 1. The fourth-order valence-corrected chi connectivity index (χ4v) is 5.14. The van der Waals surface area contributed by atoms with E-state index in [2.05, 4.69) is 60.3 Å². The van der Waals surface area contributed by atoms with Gasteiger partial charge in [0, 0.05) is 38.2 Å². The number of carbonyl (C=O) groups excluding carboxylic acids is 1. The Hall–Kier alpha value is -3.12. The van der Waals surface area contributed by atoms with Crippen LogP contribution in [0.5, 0.6) is 0 Å². The Bertz CT molecular complexity index is 1140. The molecule has 1 amide bonds. The molecule has 6 nitrogen and oxygen atoms in total. The molecule has 1 saturated heterocycles. The van der Waals surface area contributed by atoms with Crippen LogP contribution in [0.15, 0.2) is 59.1 Å². The average Bonchev–Trinajstić information content (AvgIpc) is 3.53. The van der Waals surface area contributed by atoms with E-state index in [0.29, 0.717) is 25.4 Å². The molecule has 35 heavy (non-hydrogen) atoms. The monoisotopic (exact) mass is 473 g/mol. The van der Waals surface area contributed by atoms with E-state index in [1.165, 1.54) is 11.1 Å². The van der Waals surface area contributed by atoms with E-state index in [1.807, 2.05) is 23.1 Å². The summed E-state index contributed by atoms with van der Waals surface area (Å²) in [6.45, 7) is 7.66. The van der Waals surface area contributed by atoms with E-state index in [1.54, 1.807) is 0 Å². The Morgan fingerprint density at radius 2 is 1.89 bits per heavy atom. The van der Waals surface area contributed by atoms with E-state index in [-0.39, 0.29) is 12.0 Å². The minimum absolute atomic E-state index is 0.0939. The lowest BCUT2D eigenvalue weighted by Crippen LogP contribution is -2.38. The third kappa shape index (κ3) is 5.43. The van der Waals surface area contributed by atoms with Crippen molar-refractivity contribution in [2.24, 2.45) is 5.92 Å². The average molecular weight is 474 g/mol. The Balaban J connectivity index is 1.49. The SMILES string of the molecule is CC(C)CC(=O)N(Cc1c(-c2ccccc2)noc1N1CCc2ccccc2C1)CC1CCCO1. The van der Waals surface area contributed by atoms with Gasteiger partial charge in [0.05, 0.1) is 18.2 Å². The van der Waals surface area contributed by atoms with Gasteiger partial charge in [-0.05, 0) is 36.3 Å². The van der Waals surface area contributed by atoms with Gasteiger partial charge in [0.25, 0.3) is 0 Å². The van der Waals surface area contributed by atoms with Crippen LogP contribution < -0.4 is 4.90 Å². The van der Waals surface area contributed by atoms with Gasteiger partial charge in [0.1, 0.15) is 5.69 Å². The topological polar surface area (TPSA) is 58.8 Å². The van der Waals surface area contributed by atoms with Gasteiger partial charge in [-0.25, -0.2) is 0 Å². The molecule has 0 bridgehead atoms. The Labute approximate surface area is 207 Å². The number of nitrogens with zero attached hydrogens (tertiary/aromatic N) is 3. The zero-order chi connectivity index (χ0) is 24.2. The summed E-state index contributed by atoms with van der Waals surface area (Å²) in [5, 5.41) is 4.54. The summed E-state index contributed by atoms with van der Waals surface area (Å²) in [5.41, 5.74) is 5.50. The first-order valence-corrected chi connectivity index (χ1v) is 12.8. The summed E-state index contributed by atoms with van der Waals surface area (Å²) in [6.07, 6.45) is 3.62. The summed E-state index contributed by atoms with van der Waals surface area (Å²) >= 11 is 0. The standard InChI is InChI=1S/C29H35N3O3/c1-21(2)17-27(33)32(19-25-13-8-16-34-25)20-26-28(23-10-4-3-5-11-23)30-35-29(26)31-15-14-22-9-6-7-12-24(22)18-31/h3-7,9-12,21,25H,8,13-20H2,1-2H3. The van der Waals surface area contributed by atoms with Gasteiger partial charge in [-0.1, -0.05) is 73.6 Å². The van der Waals surface area contributed by atoms with E-state index in [0.717, 1.165) is 61.7 Å². The first-order valence-electron chi connectivity index (χ1n) is 12.8. The maximum Gasteiger partial charge on any atom is 0.233 e. The van der Waals surface area contributed by atoms with Crippen molar-refractivity contribution < 1.29 is 14.1 Å². The minimum Gasteiger partial charge on any atom is -0.376 e. The van der Waals surface area contributed by atoms with Crippen LogP contribution in [0.2, 0.25) is 0 Å². The van der Waals surface area contributed by atoms with Crippen LogP contribution >= 0.6 is 0 Å². The van der Waals surface area contributed by atoms with Gasteiger partial charge >= 0.3 is 0 Å². The van der Waals surface area contributed by atoms with Crippen LogP contribution in [0.1, 0.15) is 49.8 Å². The second-order valence-corrected chi connectivity index (χ2v) is 10.1. The van der Waals surface area contributed by atoms with Crippen molar-refractivity contribution in [1.29, 1.82) is 0 Å². The maximum atomic E-state index is 13.4. The molecule has 3 aromatic rings. The smallest absolute Gasteiger partial charge is 0.233 e. The van der Waals surface area contributed by atoms with Crippen LogP contribution in [0.25, 0.3) is 11.3 Å². The predicted octanol–water partition coefficient (Wildman–Crippen LogP) is 5.46. The quantitative estimate of drug-likeness (QED) is 0.435. The largest absolute Gasteiger partial charge is 0.376 e. The molecule has 6 heteroatoms. The molecule has 2 aliphatic heterocycles. The molecule has 2 aromatic carbocycles. The molecule has 1 unspecified atom stereocenters. The van der Waals surface area contributed by atoms with Gasteiger partial charge in [-0.2, -0.15) is 0 Å². The van der Waals surface area contributed by atoms with E-state index < -0.39 is 0 Å². The Morgan fingerprint density at radius 1 is 1.11 bits per heavy atom. The molecule has 3 heterocycles. The minimum atomic E-state index is 0.0939. The molecule has 0 spiro atoms. The van der Waals surface area contributed by atoms with Gasteiger partial charge in [-0.15, -0.1) is 0 Å². The van der Waals surface area contributed by atoms with Gasteiger partial charge in [0.15, 0.2) is 0 Å². The molecular formula is C29H35N3O3. The summed E-state index contributed by atoms with van der Waals surface area (Å²) in [6, 6.07) is 18.7. The fourth-order valence-electron chi connectivity index (χ4n) is 5.14. The molecule has 1 aromatic heterocycles. The summed E-state index contributed by atoms with van der Waals surface area (Å²) in [7, 11) is 0. The number of carbonyl (C=O) groups is 1. The van der Waals surface area contributed by atoms with E-state index in [9.17, 15) is 4.79 Å². The third-order valence-corrected chi connectivity index (χ3v) is 6.97. The van der Waals surface area contributed by atoms with Crippen molar-refractivity contribution in [1.82, 2.24) is 10.1 Å². The number of hydrogen-bond acceptors (Lipinski definition) is 5. The zero-order valence-electron chi connectivity index (χ0n) is 20.8. The number of amides is 1. The molecule has 1 fully saturated rings. The number of anilines is 1. The second kappa shape index (κ2) is 10.6. The molecule has 2 aliphatic rings. The van der Waals surface area contributed by atoms with Crippen molar-refractivity contribution in [3.63, 3.8) is 0 Å². The first kappa shape index (κ1) is 23.6. The van der Waals surface area contributed by atoms with Gasteiger partial charge < -0.3 is 19.1 Å². The normalized spacial score (nSPS) is 17.6. The van der Waals surface area contributed by atoms with Gasteiger partial charge in [-0.3, -0.25) is 4.79 Å². The van der Waals surface area contributed by atoms with Gasteiger partial charge in [0.2, 0.25) is 11.8 Å². The molecule has 0 saturated carbocycles. The lowest BCUT2D eigenvalue weighted by atomic mass is 9.99. The summed E-state index contributed by atoms with van der Waals surface area (Å²) in [5.74, 6) is 1.22. The molecule has 0 radical (unpaired) electrons. The van der Waals surface area contributed by atoms with Crippen LogP contribution in [-0.4, -0.2) is 41.8 Å². The molecule has 5 rings (SSSR count). The highest BCUT2D eigenvalue weighted by Gasteiger charge is 2.30. The molecule has 1 atom stereocenters. The Kier molecular flexibility index (Phi) is 7.19.